The van der Waals surface area contributed by atoms with Crippen LogP contribution in [0.1, 0.15) is 36.0 Å². The van der Waals surface area contributed by atoms with E-state index in [9.17, 15) is 4.79 Å². The monoisotopic (exact) mass is 380 g/mol. The Labute approximate surface area is 156 Å². The van der Waals surface area contributed by atoms with Crippen molar-refractivity contribution in [2.45, 2.75) is 31.8 Å². The van der Waals surface area contributed by atoms with Gasteiger partial charge in [-0.15, -0.1) is 0 Å². The molecule has 1 amide bonds. The van der Waals surface area contributed by atoms with E-state index in [4.69, 9.17) is 32.7 Å². The first kappa shape index (κ1) is 17.8. The zero-order valence-corrected chi connectivity index (χ0v) is 15.2. The molecule has 2 aromatic rings. The molecular formula is C18H18Cl2N2O3. The minimum Gasteiger partial charge on any atom is -0.493 e. The number of hydrogen-bond donors (Lipinski definition) is 1. The first-order valence-electron chi connectivity index (χ1n) is 8.04. The smallest absolute Gasteiger partial charge is 0.256 e. The van der Waals surface area contributed by atoms with Crippen LogP contribution in [0.5, 0.6) is 11.5 Å². The van der Waals surface area contributed by atoms with Crippen molar-refractivity contribution < 1.29 is 14.3 Å². The van der Waals surface area contributed by atoms with E-state index in [1.54, 1.807) is 25.3 Å². The van der Waals surface area contributed by atoms with Gasteiger partial charge in [-0.25, -0.2) is 4.98 Å². The average Bonchev–Trinajstić information content (AvgIpc) is 3.10. The zero-order chi connectivity index (χ0) is 17.8. The van der Waals surface area contributed by atoms with Crippen LogP contribution in [0.2, 0.25) is 10.0 Å². The van der Waals surface area contributed by atoms with Crippen LogP contribution in [0, 0.1) is 0 Å². The lowest BCUT2D eigenvalue weighted by molar-refractivity contribution is 0.102. The number of halogens is 2. The van der Waals surface area contributed by atoms with Crippen molar-refractivity contribution in [3.63, 3.8) is 0 Å². The van der Waals surface area contributed by atoms with E-state index in [0.29, 0.717) is 22.1 Å². The van der Waals surface area contributed by atoms with Gasteiger partial charge in [-0.3, -0.25) is 4.79 Å². The summed E-state index contributed by atoms with van der Waals surface area (Å²) < 4.78 is 11.3. The predicted octanol–water partition coefficient (Wildman–Crippen LogP) is 4.97. The minimum absolute atomic E-state index is 0.166. The lowest BCUT2D eigenvalue weighted by Gasteiger charge is -2.16. The van der Waals surface area contributed by atoms with E-state index in [-0.39, 0.29) is 22.9 Å². The van der Waals surface area contributed by atoms with Gasteiger partial charge in [0.2, 0.25) is 0 Å². The molecule has 132 valence electrons. The normalized spacial score (nSPS) is 14.4. The Kier molecular flexibility index (Phi) is 5.66. The summed E-state index contributed by atoms with van der Waals surface area (Å²) in [7, 11) is 1.58. The highest BCUT2D eigenvalue weighted by atomic mass is 35.5. The van der Waals surface area contributed by atoms with E-state index in [1.165, 1.54) is 12.3 Å². The Bertz CT molecular complexity index is 777. The maximum absolute atomic E-state index is 12.5. The number of anilines is 1. The molecule has 0 atom stereocenters. The fourth-order valence-corrected chi connectivity index (χ4v) is 3.21. The van der Waals surface area contributed by atoms with Crippen LogP contribution in [0.15, 0.2) is 30.5 Å². The summed E-state index contributed by atoms with van der Waals surface area (Å²) in [4.78, 5) is 16.5. The number of nitrogens with zero attached hydrogens (tertiary/aromatic N) is 1. The molecular weight excluding hydrogens is 363 g/mol. The highest BCUT2D eigenvalue weighted by Crippen LogP contribution is 2.33. The molecule has 0 aliphatic heterocycles. The summed E-state index contributed by atoms with van der Waals surface area (Å²) in [5, 5.41) is 3.35. The van der Waals surface area contributed by atoms with Gasteiger partial charge < -0.3 is 14.8 Å². The van der Waals surface area contributed by atoms with Gasteiger partial charge >= 0.3 is 0 Å². The van der Waals surface area contributed by atoms with Crippen LogP contribution in [0.3, 0.4) is 0 Å². The summed E-state index contributed by atoms with van der Waals surface area (Å²) in [6.07, 6.45) is 5.95. The molecule has 0 radical (unpaired) electrons. The van der Waals surface area contributed by atoms with Gasteiger partial charge in [-0.2, -0.15) is 0 Å². The summed E-state index contributed by atoms with van der Waals surface area (Å²) in [5.41, 5.74) is 0.432. The van der Waals surface area contributed by atoms with Crippen LogP contribution < -0.4 is 14.8 Å². The standard InChI is InChI=1S/C18H18Cl2N2O3/c1-24-15-7-6-11(8-16(15)25-13-4-2-3-5-13)18(23)22-17-14(20)9-12(19)10-21-17/h6-10,13H,2-5H2,1H3,(H,21,22,23). The third-order valence-electron chi connectivity index (χ3n) is 4.06. The number of aromatic nitrogens is 1. The van der Waals surface area contributed by atoms with Crippen molar-refractivity contribution in [2.75, 3.05) is 12.4 Å². The fraction of sp³-hybridized carbons (Fsp3) is 0.333. The van der Waals surface area contributed by atoms with Crippen LogP contribution in [0.4, 0.5) is 5.82 Å². The Morgan fingerprint density at radius 2 is 1.96 bits per heavy atom. The molecule has 1 aromatic heterocycles. The Morgan fingerprint density at radius 3 is 2.64 bits per heavy atom. The van der Waals surface area contributed by atoms with Crippen molar-refractivity contribution in [2.24, 2.45) is 0 Å². The van der Waals surface area contributed by atoms with Gasteiger partial charge in [0, 0.05) is 11.8 Å². The van der Waals surface area contributed by atoms with Crippen LogP contribution in [-0.2, 0) is 0 Å². The quantitative estimate of drug-likeness (QED) is 0.794. The molecule has 1 aromatic carbocycles. The fourth-order valence-electron chi connectivity index (χ4n) is 2.78. The first-order chi connectivity index (χ1) is 12.1. The zero-order valence-electron chi connectivity index (χ0n) is 13.7. The third kappa shape index (κ3) is 4.35. The number of pyridine rings is 1. The second kappa shape index (κ2) is 7.93. The molecule has 1 heterocycles. The number of carbonyl (C=O) groups is 1. The van der Waals surface area contributed by atoms with Crippen LogP contribution >= 0.6 is 23.2 Å². The summed E-state index contributed by atoms with van der Waals surface area (Å²) >= 11 is 11.9. The Hall–Kier alpha value is -1.98. The molecule has 1 saturated carbocycles. The topological polar surface area (TPSA) is 60.5 Å². The van der Waals surface area contributed by atoms with Crippen molar-refractivity contribution >= 4 is 34.9 Å². The molecule has 25 heavy (non-hydrogen) atoms. The number of carbonyl (C=O) groups excluding carboxylic acids is 1. The molecule has 1 fully saturated rings. The largest absolute Gasteiger partial charge is 0.493 e. The van der Waals surface area contributed by atoms with Gasteiger partial charge in [0.15, 0.2) is 17.3 Å². The third-order valence-corrected chi connectivity index (χ3v) is 4.56. The SMILES string of the molecule is COc1ccc(C(=O)Nc2ncc(Cl)cc2Cl)cc1OC1CCCC1. The first-order valence-corrected chi connectivity index (χ1v) is 8.79. The second-order valence-corrected chi connectivity index (χ2v) is 6.67. The van der Waals surface area contributed by atoms with Crippen molar-refractivity contribution in [1.29, 1.82) is 0 Å². The van der Waals surface area contributed by atoms with E-state index in [0.717, 1.165) is 25.7 Å². The van der Waals surface area contributed by atoms with E-state index in [2.05, 4.69) is 10.3 Å². The molecule has 0 bridgehead atoms. The summed E-state index contributed by atoms with van der Waals surface area (Å²) in [6, 6.07) is 6.58. The number of rotatable bonds is 5. The van der Waals surface area contributed by atoms with E-state index >= 15 is 0 Å². The summed E-state index contributed by atoms with van der Waals surface area (Å²) in [5.74, 6) is 1.09. The maximum Gasteiger partial charge on any atom is 0.256 e. The lowest BCUT2D eigenvalue weighted by Crippen LogP contribution is -2.15. The average molecular weight is 381 g/mol. The lowest BCUT2D eigenvalue weighted by atomic mass is 10.2. The number of ether oxygens (including phenoxy) is 2. The molecule has 5 nitrogen and oxygen atoms in total. The van der Waals surface area contributed by atoms with Gasteiger partial charge in [-0.1, -0.05) is 23.2 Å². The molecule has 0 spiro atoms. The molecule has 1 N–H and O–H groups in total. The van der Waals surface area contributed by atoms with Gasteiger partial charge in [-0.05, 0) is 49.9 Å². The molecule has 1 aliphatic rings. The number of nitrogens with one attached hydrogen (secondary N) is 1. The summed E-state index contributed by atoms with van der Waals surface area (Å²) in [6.45, 7) is 0. The molecule has 1 aliphatic carbocycles. The number of benzene rings is 1. The molecule has 3 rings (SSSR count). The van der Waals surface area contributed by atoms with Crippen molar-refractivity contribution in [3.05, 3.63) is 46.1 Å². The number of methoxy groups -OCH3 is 1. The number of hydrogen-bond acceptors (Lipinski definition) is 4. The van der Waals surface area contributed by atoms with Crippen LogP contribution in [0.25, 0.3) is 0 Å². The van der Waals surface area contributed by atoms with Gasteiger partial charge in [0.05, 0.1) is 23.3 Å². The highest BCUT2D eigenvalue weighted by molar-refractivity contribution is 6.36. The highest BCUT2D eigenvalue weighted by Gasteiger charge is 2.20. The van der Waals surface area contributed by atoms with Crippen molar-refractivity contribution in [3.8, 4) is 11.5 Å². The Morgan fingerprint density at radius 1 is 1.20 bits per heavy atom. The van der Waals surface area contributed by atoms with Crippen molar-refractivity contribution in [1.82, 2.24) is 4.98 Å². The molecule has 0 saturated heterocycles. The van der Waals surface area contributed by atoms with Crippen LogP contribution in [-0.4, -0.2) is 24.1 Å². The predicted molar refractivity (Wildman–Crippen MR) is 98.1 cm³/mol. The van der Waals surface area contributed by atoms with E-state index in [1.807, 2.05) is 0 Å². The maximum atomic E-state index is 12.5. The Balaban J connectivity index is 1.79. The minimum atomic E-state index is -0.337. The second-order valence-electron chi connectivity index (χ2n) is 5.83. The molecule has 0 unspecified atom stereocenters. The van der Waals surface area contributed by atoms with E-state index < -0.39 is 0 Å². The number of amides is 1. The van der Waals surface area contributed by atoms with Gasteiger partial charge in [0.1, 0.15) is 0 Å². The van der Waals surface area contributed by atoms with Gasteiger partial charge in [0.25, 0.3) is 5.91 Å². The molecule has 7 heteroatoms.